The molecule has 0 atom stereocenters. The van der Waals surface area contributed by atoms with Gasteiger partial charge in [-0.15, -0.1) is 11.3 Å². The molecule has 7 heteroatoms. The zero-order valence-corrected chi connectivity index (χ0v) is 11.7. The molecule has 2 rings (SSSR count). The van der Waals surface area contributed by atoms with Crippen LogP contribution in [-0.4, -0.2) is 18.0 Å². The van der Waals surface area contributed by atoms with Crippen molar-refractivity contribution in [1.82, 2.24) is 4.98 Å². The number of aromatic nitrogens is 1. The maximum absolute atomic E-state index is 11.2. The van der Waals surface area contributed by atoms with E-state index >= 15 is 0 Å². The van der Waals surface area contributed by atoms with E-state index in [1.165, 1.54) is 11.3 Å². The van der Waals surface area contributed by atoms with Gasteiger partial charge in [0.2, 0.25) is 5.91 Å². The lowest BCUT2D eigenvalue weighted by Gasteiger charge is -2.11. The Morgan fingerprint density at radius 1 is 1.58 bits per heavy atom. The molecule has 0 saturated carbocycles. The van der Waals surface area contributed by atoms with Gasteiger partial charge >= 0.3 is 0 Å². The smallest absolute Gasteiger partial charge is 0.248 e. The molecule has 1 aromatic carbocycles. The predicted octanol–water partition coefficient (Wildman–Crippen LogP) is 2.52. The summed E-state index contributed by atoms with van der Waals surface area (Å²) in [5, 5.41) is 3.99. The zero-order valence-electron chi connectivity index (χ0n) is 10.1. The van der Waals surface area contributed by atoms with Gasteiger partial charge in [-0.1, -0.05) is 11.6 Å². The number of hydrogen-bond donors (Lipinski definition) is 2. The van der Waals surface area contributed by atoms with Crippen LogP contribution >= 0.6 is 22.9 Å². The second-order valence-corrected chi connectivity index (χ2v) is 5.44. The van der Waals surface area contributed by atoms with Crippen LogP contribution in [0.3, 0.4) is 0 Å². The monoisotopic (exact) mass is 297 g/mol. The molecule has 1 amide bonds. The van der Waals surface area contributed by atoms with Crippen molar-refractivity contribution in [1.29, 1.82) is 0 Å². The Labute approximate surface area is 119 Å². The molecule has 0 aliphatic carbocycles. The third-order valence-electron chi connectivity index (χ3n) is 2.44. The summed E-state index contributed by atoms with van der Waals surface area (Å²) < 4.78 is 5.85. The lowest BCUT2D eigenvalue weighted by atomic mass is 10.1. The number of anilines is 1. The van der Waals surface area contributed by atoms with Crippen LogP contribution in [0.25, 0.3) is 0 Å². The van der Waals surface area contributed by atoms with E-state index in [2.05, 4.69) is 10.3 Å². The maximum Gasteiger partial charge on any atom is 0.248 e. The van der Waals surface area contributed by atoms with Crippen molar-refractivity contribution in [2.75, 3.05) is 12.4 Å². The summed E-state index contributed by atoms with van der Waals surface area (Å²) in [6.45, 7) is 0.496. The number of amides is 1. The number of halogens is 1. The van der Waals surface area contributed by atoms with Crippen LogP contribution in [0.15, 0.2) is 24.4 Å². The second-order valence-electron chi connectivity index (χ2n) is 3.69. The van der Waals surface area contributed by atoms with E-state index in [9.17, 15) is 4.79 Å². The average Bonchev–Trinajstić information content (AvgIpc) is 2.81. The van der Waals surface area contributed by atoms with Gasteiger partial charge in [0.05, 0.1) is 25.5 Å². The molecule has 1 heterocycles. The number of carbonyl (C=O) groups is 1. The largest absolute Gasteiger partial charge is 0.495 e. The molecular formula is C12H12ClN3O2S. The molecule has 0 aliphatic heterocycles. The number of carbonyl (C=O) groups excluding carboxylic acids is 1. The van der Waals surface area contributed by atoms with Crippen LogP contribution in [-0.2, 0) is 6.54 Å². The highest BCUT2D eigenvalue weighted by atomic mass is 35.5. The molecule has 0 fully saturated rings. The highest BCUT2D eigenvalue weighted by Crippen LogP contribution is 2.27. The van der Waals surface area contributed by atoms with E-state index in [0.717, 1.165) is 5.01 Å². The predicted molar refractivity (Wildman–Crippen MR) is 76.0 cm³/mol. The van der Waals surface area contributed by atoms with Crippen molar-refractivity contribution in [3.63, 3.8) is 0 Å². The number of ether oxygens (including phenoxy) is 1. The highest BCUT2D eigenvalue weighted by molar-refractivity contribution is 7.15. The van der Waals surface area contributed by atoms with Crippen molar-refractivity contribution < 1.29 is 9.53 Å². The van der Waals surface area contributed by atoms with Gasteiger partial charge in [0.25, 0.3) is 0 Å². The van der Waals surface area contributed by atoms with Crippen LogP contribution in [0.1, 0.15) is 15.4 Å². The Morgan fingerprint density at radius 3 is 2.95 bits per heavy atom. The molecule has 0 unspecified atom stereocenters. The topological polar surface area (TPSA) is 77.2 Å². The molecule has 0 spiro atoms. The average molecular weight is 298 g/mol. The second kappa shape index (κ2) is 5.90. The lowest BCUT2D eigenvalue weighted by Crippen LogP contribution is -2.11. The number of rotatable bonds is 5. The van der Waals surface area contributed by atoms with E-state index < -0.39 is 5.91 Å². The van der Waals surface area contributed by atoms with Crippen molar-refractivity contribution in [2.24, 2.45) is 5.73 Å². The minimum absolute atomic E-state index is 0.417. The first-order valence-corrected chi connectivity index (χ1v) is 6.61. The van der Waals surface area contributed by atoms with Crippen molar-refractivity contribution in [3.8, 4) is 5.75 Å². The zero-order chi connectivity index (χ0) is 13.8. The molecule has 100 valence electrons. The molecule has 0 radical (unpaired) electrons. The molecule has 19 heavy (non-hydrogen) atoms. The lowest BCUT2D eigenvalue weighted by molar-refractivity contribution is 0.100. The summed E-state index contributed by atoms with van der Waals surface area (Å²) in [5.74, 6) is 0.149. The number of nitrogens with two attached hydrogens (primary N) is 1. The third kappa shape index (κ3) is 3.36. The Kier molecular flexibility index (Phi) is 4.24. The van der Waals surface area contributed by atoms with Gasteiger partial charge in [0.1, 0.15) is 15.1 Å². The first kappa shape index (κ1) is 13.6. The Hall–Kier alpha value is -1.79. The van der Waals surface area contributed by atoms with Crippen LogP contribution in [0.2, 0.25) is 4.34 Å². The first-order valence-electron chi connectivity index (χ1n) is 5.42. The minimum atomic E-state index is -0.483. The number of nitrogens with zero attached hydrogens (tertiary/aromatic N) is 1. The Balaban J connectivity index is 2.17. The summed E-state index contributed by atoms with van der Waals surface area (Å²) in [6.07, 6.45) is 1.60. The normalized spacial score (nSPS) is 10.2. The number of hydrogen-bond acceptors (Lipinski definition) is 5. The summed E-state index contributed by atoms with van der Waals surface area (Å²) in [7, 11) is 1.56. The van der Waals surface area contributed by atoms with E-state index in [1.54, 1.807) is 31.5 Å². The summed E-state index contributed by atoms with van der Waals surface area (Å²) in [5.41, 5.74) is 6.35. The number of benzene rings is 1. The number of primary amides is 1. The molecule has 5 nitrogen and oxygen atoms in total. The summed E-state index contributed by atoms with van der Waals surface area (Å²) >= 11 is 7.20. The summed E-state index contributed by atoms with van der Waals surface area (Å²) in [4.78, 5) is 15.3. The van der Waals surface area contributed by atoms with Crippen LogP contribution < -0.4 is 15.8 Å². The minimum Gasteiger partial charge on any atom is -0.495 e. The van der Waals surface area contributed by atoms with E-state index in [1.807, 2.05) is 0 Å². The van der Waals surface area contributed by atoms with E-state index in [4.69, 9.17) is 22.1 Å². The molecule has 2 aromatic rings. The van der Waals surface area contributed by atoms with Gasteiger partial charge in [-0.3, -0.25) is 4.79 Å². The maximum atomic E-state index is 11.2. The molecule has 1 aromatic heterocycles. The van der Waals surface area contributed by atoms with Crippen LogP contribution in [0.5, 0.6) is 5.75 Å². The molecule has 0 saturated heterocycles. The van der Waals surface area contributed by atoms with Gasteiger partial charge in [0, 0.05) is 5.56 Å². The van der Waals surface area contributed by atoms with Crippen LogP contribution in [0.4, 0.5) is 5.69 Å². The third-order valence-corrected chi connectivity index (χ3v) is 3.55. The van der Waals surface area contributed by atoms with Gasteiger partial charge in [-0.05, 0) is 18.2 Å². The Morgan fingerprint density at radius 2 is 2.37 bits per heavy atom. The van der Waals surface area contributed by atoms with Crippen LogP contribution in [0, 0.1) is 0 Å². The number of thiazole rings is 1. The molecular weight excluding hydrogens is 286 g/mol. The summed E-state index contributed by atoms with van der Waals surface area (Å²) in [6, 6.07) is 4.96. The van der Waals surface area contributed by atoms with Crippen molar-refractivity contribution in [3.05, 3.63) is 39.3 Å². The quantitative estimate of drug-likeness (QED) is 0.889. The first-order chi connectivity index (χ1) is 9.10. The highest BCUT2D eigenvalue weighted by Gasteiger charge is 2.08. The fourth-order valence-corrected chi connectivity index (χ4v) is 2.44. The van der Waals surface area contributed by atoms with E-state index in [-0.39, 0.29) is 0 Å². The molecule has 0 aliphatic rings. The van der Waals surface area contributed by atoms with Crippen molar-refractivity contribution in [2.45, 2.75) is 6.54 Å². The fraction of sp³-hybridized carbons (Fsp3) is 0.167. The fourth-order valence-electron chi connectivity index (χ4n) is 1.54. The standard InChI is InChI=1S/C12H12ClN3O2S/c1-18-9-3-2-7(12(14)17)4-8(9)15-6-11-16-5-10(13)19-11/h2-5,15H,6H2,1H3,(H2,14,17). The SMILES string of the molecule is COc1ccc(C(N)=O)cc1NCc1ncc(Cl)s1. The van der Waals surface area contributed by atoms with Gasteiger partial charge < -0.3 is 15.8 Å². The van der Waals surface area contributed by atoms with Gasteiger partial charge in [-0.25, -0.2) is 4.98 Å². The molecule has 3 N–H and O–H groups in total. The number of methoxy groups -OCH3 is 1. The molecule has 0 bridgehead atoms. The van der Waals surface area contributed by atoms with Gasteiger partial charge in [-0.2, -0.15) is 0 Å². The van der Waals surface area contributed by atoms with Gasteiger partial charge in [0.15, 0.2) is 0 Å². The van der Waals surface area contributed by atoms with E-state index in [0.29, 0.717) is 27.9 Å². The Bertz CT molecular complexity index is 600. The number of nitrogens with one attached hydrogen (secondary N) is 1. The van der Waals surface area contributed by atoms with Crippen molar-refractivity contribution >= 4 is 34.5 Å².